The zero-order valence-corrected chi connectivity index (χ0v) is 16.5. The molecule has 0 bridgehead atoms. The van der Waals surface area contributed by atoms with Crippen molar-refractivity contribution in [3.63, 3.8) is 0 Å². The van der Waals surface area contributed by atoms with Gasteiger partial charge in [0.2, 0.25) is 5.91 Å². The minimum atomic E-state index is -0.233. The number of aliphatic imine (C=N–C) groups is 1. The predicted molar refractivity (Wildman–Crippen MR) is 110 cm³/mol. The number of likely N-dealkylation sites (N-methyl/N-ethyl adjacent to an activating group) is 1. The second-order valence-electron chi connectivity index (χ2n) is 7.52. The Labute approximate surface area is 156 Å². The summed E-state index contributed by atoms with van der Waals surface area (Å²) in [6.07, 6.45) is 0.891. The van der Waals surface area contributed by atoms with Gasteiger partial charge in [0.25, 0.3) is 0 Å². The number of nitrogens with zero attached hydrogens (tertiary/aromatic N) is 2. The Bertz CT molecular complexity index is 772. The molecule has 0 atom stereocenters. The number of amides is 1. The molecule has 26 heavy (non-hydrogen) atoms. The van der Waals surface area contributed by atoms with Crippen molar-refractivity contribution in [2.45, 2.75) is 32.7 Å². The normalized spacial score (nSPS) is 12.1. The molecular weight excluding hydrogens is 324 g/mol. The summed E-state index contributed by atoms with van der Waals surface area (Å²) in [5.74, 6) is 0.700. The molecule has 2 rings (SSSR count). The second-order valence-corrected chi connectivity index (χ2v) is 7.52. The van der Waals surface area contributed by atoms with Crippen LogP contribution in [0.2, 0.25) is 0 Å². The molecule has 140 valence electrons. The number of guanidine groups is 1. The van der Waals surface area contributed by atoms with Crippen LogP contribution in [0.1, 0.15) is 26.3 Å². The molecular formula is C21H30N4O. The van der Waals surface area contributed by atoms with Crippen molar-refractivity contribution in [1.82, 2.24) is 15.5 Å². The lowest BCUT2D eigenvalue weighted by atomic mass is 10.0. The van der Waals surface area contributed by atoms with Gasteiger partial charge in [-0.25, -0.2) is 0 Å². The zero-order chi connectivity index (χ0) is 19.2. The van der Waals surface area contributed by atoms with E-state index in [0.29, 0.717) is 5.96 Å². The average molecular weight is 354 g/mol. The van der Waals surface area contributed by atoms with Crippen molar-refractivity contribution in [2.24, 2.45) is 4.99 Å². The topological polar surface area (TPSA) is 56.7 Å². The van der Waals surface area contributed by atoms with E-state index in [-0.39, 0.29) is 18.0 Å². The summed E-state index contributed by atoms with van der Waals surface area (Å²) in [4.78, 5) is 18.2. The van der Waals surface area contributed by atoms with E-state index in [2.05, 4.69) is 58.1 Å². The van der Waals surface area contributed by atoms with E-state index < -0.39 is 0 Å². The number of carbonyl (C=O) groups is 1. The number of carbonyl (C=O) groups excluding carboxylic acids is 1. The maximum atomic E-state index is 12.1. The van der Waals surface area contributed by atoms with Crippen LogP contribution in [0.25, 0.3) is 10.8 Å². The van der Waals surface area contributed by atoms with Gasteiger partial charge in [0.05, 0.1) is 6.54 Å². The SMILES string of the molecule is CN=C(NCCc1cccc2ccccc12)N(C)CC(=O)NC(C)(C)C. The molecule has 0 aliphatic rings. The van der Waals surface area contributed by atoms with E-state index in [9.17, 15) is 4.79 Å². The molecule has 0 aliphatic carbocycles. The highest BCUT2D eigenvalue weighted by atomic mass is 16.2. The number of fused-ring (bicyclic) bond motifs is 1. The van der Waals surface area contributed by atoms with Crippen LogP contribution >= 0.6 is 0 Å². The number of hydrogen-bond donors (Lipinski definition) is 2. The van der Waals surface area contributed by atoms with Crippen molar-refractivity contribution in [2.75, 3.05) is 27.2 Å². The lowest BCUT2D eigenvalue weighted by molar-refractivity contribution is -0.122. The number of benzene rings is 2. The molecule has 0 saturated heterocycles. The molecule has 0 fully saturated rings. The highest BCUT2D eigenvalue weighted by Crippen LogP contribution is 2.18. The summed E-state index contributed by atoms with van der Waals surface area (Å²) in [5.41, 5.74) is 1.07. The van der Waals surface area contributed by atoms with Crippen LogP contribution in [0.15, 0.2) is 47.5 Å². The summed E-state index contributed by atoms with van der Waals surface area (Å²) in [6, 6.07) is 14.8. The van der Waals surface area contributed by atoms with Crippen LogP contribution in [0.3, 0.4) is 0 Å². The Morgan fingerprint density at radius 2 is 1.81 bits per heavy atom. The summed E-state index contributed by atoms with van der Waals surface area (Å²) < 4.78 is 0. The summed E-state index contributed by atoms with van der Waals surface area (Å²) in [7, 11) is 3.61. The highest BCUT2D eigenvalue weighted by Gasteiger charge is 2.16. The average Bonchev–Trinajstić information content (AvgIpc) is 2.57. The van der Waals surface area contributed by atoms with E-state index in [1.54, 1.807) is 7.05 Å². The van der Waals surface area contributed by atoms with Gasteiger partial charge in [-0.2, -0.15) is 0 Å². The molecule has 2 aromatic carbocycles. The monoisotopic (exact) mass is 354 g/mol. The van der Waals surface area contributed by atoms with Crippen molar-refractivity contribution in [3.05, 3.63) is 48.0 Å². The minimum absolute atomic E-state index is 0.0167. The third kappa shape index (κ3) is 5.76. The van der Waals surface area contributed by atoms with Gasteiger partial charge < -0.3 is 15.5 Å². The van der Waals surface area contributed by atoms with Crippen LogP contribution in [-0.4, -0.2) is 49.5 Å². The van der Waals surface area contributed by atoms with E-state index in [0.717, 1.165) is 13.0 Å². The predicted octanol–water partition coefficient (Wildman–Crippen LogP) is 2.80. The quantitative estimate of drug-likeness (QED) is 0.641. The van der Waals surface area contributed by atoms with Crippen molar-refractivity contribution < 1.29 is 4.79 Å². The van der Waals surface area contributed by atoms with E-state index in [1.807, 2.05) is 32.7 Å². The highest BCUT2D eigenvalue weighted by molar-refractivity contribution is 5.87. The molecule has 0 spiro atoms. The van der Waals surface area contributed by atoms with E-state index >= 15 is 0 Å². The first-order valence-electron chi connectivity index (χ1n) is 8.99. The molecule has 0 heterocycles. The maximum absolute atomic E-state index is 12.1. The first kappa shape index (κ1) is 19.8. The van der Waals surface area contributed by atoms with Crippen LogP contribution in [0.4, 0.5) is 0 Å². The van der Waals surface area contributed by atoms with Crippen molar-refractivity contribution in [1.29, 1.82) is 0 Å². The molecule has 0 aromatic heterocycles. The molecule has 0 aliphatic heterocycles. The standard InChI is InChI=1S/C21H30N4O/c1-21(2,3)24-19(26)15-25(5)20(22-4)23-14-13-17-11-8-10-16-9-6-7-12-18(16)17/h6-12H,13-15H2,1-5H3,(H,22,23)(H,24,26). The van der Waals surface area contributed by atoms with Crippen molar-refractivity contribution in [3.8, 4) is 0 Å². The molecule has 0 saturated carbocycles. The molecule has 1 amide bonds. The number of rotatable bonds is 5. The molecule has 0 unspecified atom stereocenters. The fourth-order valence-corrected chi connectivity index (χ4v) is 2.95. The first-order valence-corrected chi connectivity index (χ1v) is 8.99. The summed E-state index contributed by atoms with van der Waals surface area (Å²) in [6.45, 7) is 6.95. The lowest BCUT2D eigenvalue weighted by Crippen LogP contribution is -2.49. The molecule has 2 aromatic rings. The summed E-state index contributed by atoms with van der Waals surface area (Å²) in [5, 5.41) is 8.85. The first-order chi connectivity index (χ1) is 12.3. The third-order valence-corrected chi connectivity index (χ3v) is 4.03. The largest absolute Gasteiger partial charge is 0.356 e. The molecule has 0 radical (unpaired) electrons. The Kier molecular flexibility index (Phi) is 6.61. The number of hydrogen-bond acceptors (Lipinski definition) is 2. The van der Waals surface area contributed by atoms with Crippen LogP contribution in [0, 0.1) is 0 Å². The zero-order valence-electron chi connectivity index (χ0n) is 16.5. The van der Waals surface area contributed by atoms with Gasteiger partial charge in [0.1, 0.15) is 0 Å². The number of nitrogens with one attached hydrogen (secondary N) is 2. The lowest BCUT2D eigenvalue weighted by Gasteiger charge is -2.25. The molecule has 5 nitrogen and oxygen atoms in total. The van der Waals surface area contributed by atoms with Gasteiger partial charge in [-0.3, -0.25) is 9.79 Å². The Morgan fingerprint density at radius 3 is 2.50 bits per heavy atom. The minimum Gasteiger partial charge on any atom is -0.356 e. The van der Waals surface area contributed by atoms with Crippen LogP contribution in [-0.2, 0) is 11.2 Å². The second kappa shape index (κ2) is 8.70. The van der Waals surface area contributed by atoms with Gasteiger partial charge in [0.15, 0.2) is 5.96 Å². The van der Waals surface area contributed by atoms with Gasteiger partial charge in [-0.05, 0) is 43.5 Å². The molecule has 2 N–H and O–H groups in total. The maximum Gasteiger partial charge on any atom is 0.240 e. The fraction of sp³-hybridized carbons (Fsp3) is 0.429. The Balaban J connectivity index is 1.91. The Hall–Kier alpha value is -2.56. The van der Waals surface area contributed by atoms with E-state index in [1.165, 1.54) is 16.3 Å². The van der Waals surface area contributed by atoms with Crippen LogP contribution < -0.4 is 10.6 Å². The van der Waals surface area contributed by atoms with E-state index in [4.69, 9.17) is 0 Å². The van der Waals surface area contributed by atoms with Crippen molar-refractivity contribution >= 4 is 22.6 Å². The smallest absolute Gasteiger partial charge is 0.240 e. The van der Waals surface area contributed by atoms with Gasteiger partial charge in [-0.15, -0.1) is 0 Å². The Morgan fingerprint density at radius 1 is 1.12 bits per heavy atom. The van der Waals surface area contributed by atoms with Crippen LogP contribution in [0.5, 0.6) is 0 Å². The van der Waals surface area contributed by atoms with Gasteiger partial charge >= 0.3 is 0 Å². The molecule has 5 heteroatoms. The summed E-state index contributed by atoms with van der Waals surface area (Å²) >= 11 is 0. The van der Waals surface area contributed by atoms with Gasteiger partial charge in [-0.1, -0.05) is 42.5 Å². The van der Waals surface area contributed by atoms with Gasteiger partial charge in [0, 0.05) is 26.2 Å². The third-order valence-electron chi connectivity index (χ3n) is 4.03. The fourth-order valence-electron chi connectivity index (χ4n) is 2.95.